The summed E-state index contributed by atoms with van der Waals surface area (Å²) in [6.45, 7) is 0. The van der Waals surface area contributed by atoms with Crippen LogP contribution in [0, 0.1) is 10.1 Å². The first kappa shape index (κ1) is 19.2. The zero-order valence-electron chi connectivity index (χ0n) is 16.5. The fourth-order valence-corrected chi connectivity index (χ4v) is 3.33. The van der Waals surface area contributed by atoms with Gasteiger partial charge in [0.1, 0.15) is 11.4 Å². The molecular weight excluding hydrogens is 410 g/mol. The predicted molar refractivity (Wildman–Crippen MR) is 117 cm³/mol. The number of para-hydroxylation sites is 3. The molecule has 0 bridgehead atoms. The average molecular weight is 425 g/mol. The molecule has 156 valence electrons. The van der Waals surface area contributed by atoms with Gasteiger partial charge in [0.05, 0.1) is 21.5 Å². The Kier molecular flexibility index (Phi) is 4.68. The number of imidazole rings is 1. The standard InChI is InChI=1S/C23H15N5O4/c29-22(15-7-5-8-16(12-15)28(30)31)26-27-23-17(13-14-6-1-4-11-20(14)32-23)21-24-18-9-2-3-10-19(18)25-21/h1-13H,(H,24,25)(H,26,29)/b27-23+. The number of benzene rings is 3. The zero-order valence-corrected chi connectivity index (χ0v) is 16.5. The smallest absolute Gasteiger partial charge is 0.271 e. The Morgan fingerprint density at radius 3 is 2.69 bits per heavy atom. The second kappa shape index (κ2) is 7.80. The van der Waals surface area contributed by atoms with E-state index in [4.69, 9.17) is 4.42 Å². The van der Waals surface area contributed by atoms with Crippen LogP contribution in [0.2, 0.25) is 0 Å². The lowest BCUT2D eigenvalue weighted by molar-refractivity contribution is -0.384. The normalized spacial score (nSPS) is 11.7. The number of nitro groups is 1. The average Bonchev–Trinajstić information content (AvgIpc) is 3.26. The molecule has 0 aliphatic carbocycles. The maximum absolute atomic E-state index is 12.6. The number of non-ortho nitro benzene ring substituents is 1. The largest absolute Gasteiger partial charge is 0.436 e. The van der Waals surface area contributed by atoms with Gasteiger partial charge in [-0.15, -0.1) is 5.10 Å². The van der Waals surface area contributed by atoms with E-state index in [1.165, 1.54) is 24.3 Å². The van der Waals surface area contributed by atoms with Crippen molar-refractivity contribution in [2.45, 2.75) is 0 Å². The highest BCUT2D eigenvalue weighted by Crippen LogP contribution is 2.21. The van der Waals surface area contributed by atoms with Crippen molar-refractivity contribution in [3.05, 3.63) is 100 Å². The van der Waals surface area contributed by atoms with Gasteiger partial charge in [-0.2, -0.15) is 0 Å². The molecule has 2 N–H and O–H groups in total. The van der Waals surface area contributed by atoms with Crippen molar-refractivity contribution in [3.63, 3.8) is 0 Å². The van der Waals surface area contributed by atoms with E-state index in [1.54, 1.807) is 6.07 Å². The number of H-pyrrole nitrogens is 1. The van der Waals surface area contributed by atoms with Gasteiger partial charge < -0.3 is 9.40 Å². The number of nitrogens with zero attached hydrogens (tertiary/aromatic N) is 3. The van der Waals surface area contributed by atoms with Gasteiger partial charge >= 0.3 is 0 Å². The van der Waals surface area contributed by atoms with Crippen LogP contribution in [-0.2, 0) is 0 Å². The summed E-state index contributed by atoms with van der Waals surface area (Å²) in [5.41, 5.74) is 5.24. The Bertz CT molecular complexity index is 1530. The van der Waals surface area contributed by atoms with Gasteiger partial charge in [-0.3, -0.25) is 14.9 Å². The summed E-state index contributed by atoms with van der Waals surface area (Å²) in [5, 5.41) is 16.0. The van der Waals surface area contributed by atoms with E-state index in [-0.39, 0.29) is 16.8 Å². The first-order valence-electron chi connectivity index (χ1n) is 9.65. The van der Waals surface area contributed by atoms with E-state index >= 15 is 0 Å². The molecular formula is C23H15N5O4. The third kappa shape index (κ3) is 3.58. The van der Waals surface area contributed by atoms with Crippen molar-refractivity contribution in [3.8, 4) is 11.4 Å². The lowest BCUT2D eigenvalue weighted by Crippen LogP contribution is -2.22. The van der Waals surface area contributed by atoms with Gasteiger partial charge in [0.25, 0.3) is 11.6 Å². The summed E-state index contributed by atoms with van der Waals surface area (Å²) < 4.78 is 5.94. The Morgan fingerprint density at radius 1 is 1.03 bits per heavy atom. The Morgan fingerprint density at radius 2 is 1.84 bits per heavy atom. The number of aromatic nitrogens is 2. The minimum absolute atomic E-state index is 0.106. The molecule has 0 radical (unpaired) electrons. The number of amides is 1. The number of hydrogen-bond acceptors (Lipinski definition) is 6. The summed E-state index contributed by atoms with van der Waals surface area (Å²) in [6.07, 6.45) is 0. The third-order valence-electron chi connectivity index (χ3n) is 4.88. The lowest BCUT2D eigenvalue weighted by Gasteiger charge is -2.03. The first-order valence-corrected chi connectivity index (χ1v) is 9.65. The minimum atomic E-state index is -0.604. The Hall–Kier alpha value is -4.79. The number of nitrogens with one attached hydrogen (secondary N) is 2. The summed E-state index contributed by atoms with van der Waals surface area (Å²) in [6, 6.07) is 22.3. The molecule has 0 fully saturated rings. The lowest BCUT2D eigenvalue weighted by atomic mass is 10.2. The molecule has 1 amide bonds. The van der Waals surface area contributed by atoms with Gasteiger partial charge in [-0.05, 0) is 30.3 Å². The predicted octanol–water partition coefficient (Wildman–Crippen LogP) is 4.13. The topological polar surface area (TPSA) is 126 Å². The van der Waals surface area contributed by atoms with Crippen LogP contribution in [0.25, 0.3) is 33.4 Å². The summed E-state index contributed by atoms with van der Waals surface area (Å²) in [5.74, 6) is -0.0725. The molecule has 32 heavy (non-hydrogen) atoms. The van der Waals surface area contributed by atoms with Gasteiger partial charge in [0.2, 0.25) is 5.55 Å². The van der Waals surface area contributed by atoms with Crippen LogP contribution in [0.3, 0.4) is 0 Å². The van der Waals surface area contributed by atoms with Gasteiger partial charge in [0, 0.05) is 23.1 Å². The molecule has 2 aromatic heterocycles. The van der Waals surface area contributed by atoms with Gasteiger partial charge in [0.15, 0.2) is 0 Å². The third-order valence-corrected chi connectivity index (χ3v) is 4.88. The van der Waals surface area contributed by atoms with Crippen molar-refractivity contribution in [1.82, 2.24) is 15.4 Å². The van der Waals surface area contributed by atoms with Crippen LogP contribution in [0.4, 0.5) is 5.69 Å². The zero-order chi connectivity index (χ0) is 22.1. The molecule has 5 rings (SSSR count). The highest BCUT2D eigenvalue weighted by Gasteiger charge is 2.13. The Labute approximate surface area is 180 Å². The molecule has 3 aromatic carbocycles. The van der Waals surface area contributed by atoms with Crippen LogP contribution in [-0.4, -0.2) is 20.8 Å². The number of carbonyl (C=O) groups excluding carboxylic acids is 1. The number of aromatic amines is 1. The number of hydrogen-bond donors (Lipinski definition) is 2. The molecule has 5 aromatic rings. The minimum Gasteiger partial charge on any atom is -0.436 e. The number of nitro benzene ring substituents is 1. The molecule has 9 heteroatoms. The second-order valence-electron chi connectivity index (χ2n) is 6.97. The van der Waals surface area contributed by atoms with E-state index in [9.17, 15) is 14.9 Å². The molecule has 9 nitrogen and oxygen atoms in total. The van der Waals surface area contributed by atoms with Crippen molar-refractivity contribution in [2.24, 2.45) is 5.10 Å². The van der Waals surface area contributed by atoms with Crippen LogP contribution in [0.5, 0.6) is 0 Å². The van der Waals surface area contributed by atoms with Crippen molar-refractivity contribution in [2.75, 3.05) is 0 Å². The number of rotatable bonds is 4. The van der Waals surface area contributed by atoms with E-state index in [0.717, 1.165) is 16.4 Å². The van der Waals surface area contributed by atoms with Crippen molar-refractivity contribution >= 4 is 33.6 Å². The number of carbonyl (C=O) groups is 1. The van der Waals surface area contributed by atoms with E-state index < -0.39 is 10.8 Å². The van der Waals surface area contributed by atoms with Gasteiger partial charge in [-0.1, -0.05) is 36.4 Å². The summed E-state index contributed by atoms with van der Waals surface area (Å²) >= 11 is 0. The van der Waals surface area contributed by atoms with E-state index in [2.05, 4.69) is 20.5 Å². The maximum Gasteiger partial charge on any atom is 0.271 e. The van der Waals surface area contributed by atoms with Crippen LogP contribution in [0.15, 0.2) is 88.4 Å². The molecule has 2 heterocycles. The van der Waals surface area contributed by atoms with Crippen LogP contribution < -0.4 is 11.0 Å². The molecule has 0 saturated heterocycles. The number of fused-ring (bicyclic) bond motifs is 2. The first-order chi connectivity index (χ1) is 15.6. The molecule has 0 aliphatic rings. The van der Waals surface area contributed by atoms with E-state index in [0.29, 0.717) is 17.0 Å². The SMILES string of the molecule is O=C(N/N=c1/oc2ccccc2cc1-c1nc2ccccc2[nH]1)c1cccc([N+](=O)[O-])c1. The molecule has 0 atom stereocenters. The second-order valence-corrected chi connectivity index (χ2v) is 6.97. The Balaban J connectivity index is 1.60. The monoisotopic (exact) mass is 425 g/mol. The quantitative estimate of drug-likeness (QED) is 0.331. The summed E-state index contributed by atoms with van der Waals surface area (Å²) in [7, 11) is 0. The fourth-order valence-electron chi connectivity index (χ4n) is 3.33. The van der Waals surface area contributed by atoms with Crippen molar-refractivity contribution in [1.29, 1.82) is 0 Å². The fraction of sp³-hybridized carbons (Fsp3) is 0. The van der Waals surface area contributed by atoms with Crippen LogP contribution >= 0.6 is 0 Å². The summed E-state index contributed by atoms with van der Waals surface area (Å²) in [4.78, 5) is 30.8. The molecule has 0 unspecified atom stereocenters. The molecule has 0 saturated carbocycles. The van der Waals surface area contributed by atoms with Crippen LogP contribution in [0.1, 0.15) is 10.4 Å². The molecule has 0 spiro atoms. The highest BCUT2D eigenvalue weighted by molar-refractivity contribution is 5.94. The molecule has 0 aliphatic heterocycles. The van der Waals surface area contributed by atoms with Crippen molar-refractivity contribution < 1.29 is 14.1 Å². The van der Waals surface area contributed by atoms with Gasteiger partial charge in [-0.25, -0.2) is 10.4 Å². The highest BCUT2D eigenvalue weighted by atomic mass is 16.6. The van der Waals surface area contributed by atoms with E-state index in [1.807, 2.05) is 48.5 Å². The maximum atomic E-state index is 12.6.